The Bertz CT molecular complexity index is 377. The summed E-state index contributed by atoms with van der Waals surface area (Å²) in [7, 11) is 0. The van der Waals surface area contributed by atoms with E-state index >= 15 is 0 Å². The maximum Gasteiger partial charge on any atom is 0.119 e. The number of aryl methyl sites for hydroxylation is 1. The lowest BCUT2D eigenvalue weighted by Crippen LogP contribution is -2.17. The van der Waals surface area contributed by atoms with Crippen LogP contribution >= 0.6 is 11.6 Å². The minimum atomic E-state index is 0.796. The van der Waals surface area contributed by atoms with Crippen LogP contribution in [0.4, 0.5) is 0 Å². The Kier molecular flexibility index (Phi) is 5.33. The highest BCUT2D eigenvalue weighted by molar-refractivity contribution is 6.31. The van der Waals surface area contributed by atoms with Gasteiger partial charge in [-0.1, -0.05) is 11.6 Å². The van der Waals surface area contributed by atoms with Gasteiger partial charge in [-0.25, -0.2) is 0 Å². The highest BCUT2D eigenvalue weighted by Gasteiger charge is 2.19. The second-order valence-corrected chi connectivity index (χ2v) is 5.46. The first-order chi connectivity index (χ1) is 8.75. The van der Waals surface area contributed by atoms with Crippen LogP contribution in [0.2, 0.25) is 5.02 Å². The van der Waals surface area contributed by atoms with Crippen molar-refractivity contribution in [2.75, 3.05) is 13.2 Å². The molecule has 3 heteroatoms. The molecule has 1 aromatic carbocycles. The van der Waals surface area contributed by atoms with E-state index in [0.717, 1.165) is 41.9 Å². The molecule has 1 aliphatic rings. The molecule has 1 N–H and O–H groups in total. The third kappa shape index (κ3) is 4.87. The molecular formula is C15H22ClNO. The fourth-order valence-electron chi connectivity index (χ4n) is 1.89. The normalized spacial score (nSPS) is 14.8. The summed E-state index contributed by atoms with van der Waals surface area (Å²) in [4.78, 5) is 0. The van der Waals surface area contributed by atoms with Crippen LogP contribution in [0.15, 0.2) is 18.2 Å². The SMILES string of the molecule is Cc1cc(OCCCCCNC2CC2)ccc1Cl. The predicted octanol–water partition coefficient (Wildman–Crippen LogP) is 3.95. The van der Waals surface area contributed by atoms with E-state index in [0.29, 0.717) is 0 Å². The van der Waals surface area contributed by atoms with Crippen LogP contribution < -0.4 is 10.1 Å². The van der Waals surface area contributed by atoms with Crippen molar-refractivity contribution in [1.82, 2.24) is 5.32 Å². The molecule has 1 aliphatic carbocycles. The monoisotopic (exact) mass is 267 g/mol. The summed E-state index contributed by atoms with van der Waals surface area (Å²) in [6.45, 7) is 3.95. The van der Waals surface area contributed by atoms with Crippen LogP contribution in [0.25, 0.3) is 0 Å². The lowest BCUT2D eigenvalue weighted by molar-refractivity contribution is 0.304. The molecule has 1 saturated carbocycles. The van der Waals surface area contributed by atoms with Crippen LogP contribution in [0.5, 0.6) is 5.75 Å². The number of hydrogen-bond donors (Lipinski definition) is 1. The van der Waals surface area contributed by atoms with Gasteiger partial charge in [-0.15, -0.1) is 0 Å². The van der Waals surface area contributed by atoms with E-state index in [1.165, 1.54) is 25.7 Å². The van der Waals surface area contributed by atoms with E-state index in [9.17, 15) is 0 Å². The fraction of sp³-hybridized carbons (Fsp3) is 0.600. The van der Waals surface area contributed by atoms with Crippen molar-refractivity contribution in [2.24, 2.45) is 0 Å². The van der Waals surface area contributed by atoms with Crippen molar-refractivity contribution < 1.29 is 4.74 Å². The second-order valence-electron chi connectivity index (χ2n) is 5.05. The highest BCUT2D eigenvalue weighted by Crippen LogP contribution is 2.21. The fourth-order valence-corrected chi connectivity index (χ4v) is 2.01. The van der Waals surface area contributed by atoms with Crippen LogP contribution in [0.3, 0.4) is 0 Å². The van der Waals surface area contributed by atoms with Crippen LogP contribution in [-0.2, 0) is 0 Å². The Hall–Kier alpha value is -0.730. The summed E-state index contributed by atoms with van der Waals surface area (Å²) in [5, 5.41) is 4.32. The van der Waals surface area contributed by atoms with Crippen molar-refractivity contribution in [3.8, 4) is 5.75 Å². The zero-order valence-electron chi connectivity index (χ0n) is 11.0. The molecule has 0 atom stereocenters. The van der Waals surface area contributed by atoms with Gasteiger partial charge in [-0.05, 0) is 69.3 Å². The average molecular weight is 268 g/mol. The van der Waals surface area contributed by atoms with E-state index in [2.05, 4.69) is 5.32 Å². The van der Waals surface area contributed by atoms with E-state index in [4.69, 9.17) is 16.3 Å². The third-order valence-corrected chi connectivity index (χ3v) is 3.65. The summed E-state index contributed by atoms with van der Waals surface area (Å²) < 4.78 is 5.70. The van der Waals surface area contributed by atoms with Crippen LogP contribution in [0, 0.1) is 6.92 Å². The summed E-state index contributed by atoms with van der Waals surface area (Å²) in [5.41, 5.74) is 1.07. The molecule has 2 rings (SSSR count). The number of ether oxygens (including phenoxy) is 1. The molecule has 100 valence electrons. The maximum atomic E-state index is 5.97. The Morgan fingerprint density at radius 2 is 2.11 bits per heavy atom. The van der Waals surface area contributed by atoms with Crippen molar-refractivity contribution >= 4 is 11.6 Å². The summed E-state index contributed by atoms with van der Waals surface area (Å²) in [6.07, 6.45) is 6.35. The van der Waals surface area contributed by atoms with Gasteiger partial charge in [0.2, 0.25) is 0 Å². The first-order valence-electron chi connectivity index (χ1n) is 6.88. The van der Waals surface area contributed by atoms with Crippen molar-refractivity contribution in [1.29, 1.82) is 0 Å². The van der Waals surface area contributed by atoms with Gasteiger partial charge in [0.05, 0.1) is 6.61 Å². The molecule has 0 heterocycles. The zero-order valence-corrected chi connectivity index (χ0v) is 11.8. The van der Waals surface area contributed by atoms with Gasteiger partial charge in [0.15, 0.2) is 0 Å². The van der Waals surface area contributed by atoms with E-state index in [-0.39, 0.29) is 0 Å². The van der Waals surface area contributed by atoms with Gasteiger partial charge in [0.25, 0.3) is 0 Å². The number of unbranched alkanes of at least 4 members (excludes halogenated alkanes) is 2. The molecule has 0 bridgehead atoms. The van der Waals surface area contributed by atoms with Gasteiger partial charge < -0.3 is 10.1 Å². The molecular weight excluding hydrogens is 246 g/mol. The first-order valence-corrected chi connectivity index (χ1v) is 7.26. The molecule has 0 spiro atoms. The molecule has 0 aliphatic heterocycles. The lowest BCUT2D eigenvalue weighted by Gasteiger charge is -2.08. The quantitative estimate of drug-likeness (QED) is 0.720. The van der Waals surface area contributed by atoms with Crippen LogP contribution in [-0.4, -0.2) is 19.2 Å². The second kappa shape index (κ2) is 7.01. The van der Waals surface area contributed by atoms with Gasteiger partial charge in [-0.2, -0.15) is 0 Å². The Morgan fingerprint density at radius 3 is 2.83 bits per heavy atom. The van der Waals surface area contributed by atoms with Crippen molar-refractivity contribution in [3.63, 3.8) is 0 Å². The molecule has 0 radical (unpaired) electrons. The number of nitrogens with one attached hydrogen (secondary N) is 1. The van der Waals surface area contributed by atoms with Crippen LogP contribution in [0.1, 0.15) is 37.7 Å². The Morgan fingerprint density at radius 1 is 1.28 bits per heavy atom. The minimum Gasteiger partial charge on any atom is -0.494 e. The zero-order chi connectivity index (χ0) is 12.8. The molecule has 18 heavy (non-hydrogen) atoms. The molecule has 0 aromatic heterocycles. The van der Waals surface area contributed by atoms with E-state index < -0.39 is 0 Å². The minimum absolute atomic E-state index is 0.796. The maximum absolute atomic E-state index is 5.97. The van der Waals surface area contributed by atoms with Crippen molar-refractivity contribution in [2.45, 2.75) is 45.1 Å². The Balaban J connectivity index is 1.52. The predicted molar refractivity (Wildman–Crippen MR) is 76.6 cm³/mol. The molecule has 0 amide bonds. The van der Waals surface area contributed by atoms with Gasteiger partial charge >= 0.3 is 0 Å². The number of benzene rings is 1. The van der Waals surface area contributed by atoms with E-state index in [1.807, 2.05) is 25.1 Å². The number of hydrogen-bond acceptors (Lipinski definition) is 2. The average Bonchev–Trinajstić information content (AvgIpc) is 3.16. The number of halogens is 1. The van der Waals surface area contributed by atoms with Gasteiger partial charge in [0.1, 0.15) is 5.75 Å². The van der Waals surface area contributed by atoms with Gasteiger partial charge in [0, 0.05) is 11.1 Å². The van der Waals surface area contributed by atoms with Crippen molar-refractivity contribution in [3.05, 3.63) is 28.8 Å². The molecule has 0 unspecified atom stereocenters. The standard InChI is InChI=1S/C15H22ClNO/c1-12-11-14(7-8-15(12)16)18-10-4-2-3-9-17-13-5-6-13/h7-8,11,13,17H,2-6,9-10H2,1H3. The topological polar surface area (TPSA) is 21.3 Å². The van der Waals surface area contributed by atoms with Gasteiger partial charge in [-0.3, -0.25) is 0 Å². The molecule has 0 saturated heterocycles. The Labute approximate surface area is 115 Å². The summed E-state index contributed by atoms with van der Waals surface area (Å²) in [5.74, 6) is 0.924. The summed E-state index contributed by atoms with van der Waals surface area (Å²) in [6, 6.07) is 6.66. The first kappa shape index (κ1) is 13.7. The highest BCUT2D eigenvalue weighted by atomic mass is 35.5. The number of rotatable bonds is 8. The molecule has 1 fully saturated rings. The molecule has 1 aromatic rings. The third-order valence-electron chi connectivity index (χ3n) is 3.23. The van der Waals surface area contributed by atoms with E-state index in [1.54, 1.807) is 0 Å². The largest absolute Gasteiger partial charge is 0.494 e. The lowest BCUT2D eigenvalue weighted by atomic mass is 10.2. The summed E-state index contributed by atoms with van der Waals surface area (Å²) >= 11 is 5.97. The molecule has 2 nitrogen and oxygen atoms in total. The smallest absolute Gasteiger partial charge is 0.119 e.